The highest BCUT2D eigenvalue weighted by atomic mass is 127. The Hall–Kier alpha value is -1.44. The Morgan fingerprint density at radius 1 is 1.38 bits per heavy atom. The molecule has 0 amide bonds. The van der Waals surface area contributed by atoms with Crippen LogP contribution >= 0.6 is 24.0 Å². The highest BCUT2D eigenvalue weighted by Crippen LogP contribution is 2.18. The van der Waals surface area contributed by atoms with E-state index in [2.05, 4.69) is 28.7 Å². The number of aliphatic imine (C=N–C) groups is 1. The molecule has 0 aliphatic rings. The highest BCUT2D eigenvalue weighted by Gasteiger charge is 2.04. The second-order valence-corrected chi connectivity index (χ2v) is 5.12. The van der Waals surface area contributed by atoms with Gasteiger partial charge in [-0.05, 0) is 31.9 Å². The number of rotatable bonds is 10. The zero-order valence-corrected chi connectivity index (χ0v) is 17.3. The molecule has 1 aromatic rings. The molecule has 0 spiro atoms. The first-order valence-electron chi connectivity index (χ1n) is 8.08. The van der Waals surface area contributed by atoms with Crippen molar-refractivity contribution < 1.29 is 9.47 Å². The number of benzene rings is 1. The van der Waals surface area contributed by atoms with Gasteiger partial charge >= 0.3 is 0 Å². The van der Waals surface area contributed by atoms with Crippen LogP contribution in [0.2, 0.25) is 0 Å². The van der Waals surface area contributed by atoms with Gasteiger partial charge in [0.05, 0.1) is 13.7 Å². The monoisotopic (exact) mass is 447 g/mol. The van der Waals surface area contributed by atoms with Gasteiger partial charge in [0, 0.05) is 26.2 Å². The Balaban J connectivity index is 0.00000529. The van der Waals surface area contributed by atoms with Crippen molar-refractivity contribution in [3.8, 4) is 11.5 Å². The zero-order valence-electron chi connectivity index (χ0n) is 15.0. The lowest BCUT2D eigenvalue weighted by Crippen LogP contribution is -2.39. The molecule has 1 N–H and O–H groups in total. The fourth-order valence-corrected chi connectivity index (χ4v) is 2.05. The van der Waals surface area contributed by atoms with E-state index >= 15 is 0 Å². The third-order valence-corrected chi connectivity index (χ3v) is 3.26. The molecule has 0 radical (unpaired) electrons. The Morgan fingerprint density at radius 3 is 2.79 bits per heavy atom. The quantitative estimate of drug-likeness (QED) is 0.196. The van der Waals surface area contributed by atoms with Crippen LogP contribution in [0.15, 0.2) is 41.9 Å². The number of guanidine groups is 1. The van der Waals surface area contributed by atoms with Crippen LogP contribution in [0.1, 0.15) is 19.8 Å². The maximum Gasteiger partial charge on any atom is 0.193 e. The van der Waals surface area contributed by atoms with E-state index in [1.54, 1.807) is 7.11 Å². The van der Waals surface area contributed by atoms with Gasteiger partial charge in [-0.1, -0.05) is 12.1 Å². The normalized spacial score (nSPS) is 10.5. The van der Waals surface area contributed by atoms with Crippen LogP contribution in [0.3, 0.4) is 0 Å². The lowest BCUT2D eigenvalue weighted by atomic mass is 10.3. The maximum atomic E-state index is 5.71. The van der Waals surface area contributed by atoms with Crippen LogP contribution in [-0.4, -0.2) is 51.3 Å². The first-order chi connectivity index (χ1) is 11.2. The number of methoxy groups -OCH3 is 1. The summed E-state index contributed by atoms with van der Waals surface area (Å²) in [5, 5.41) is 3.30. The minimum Gasteiger partial charge on any atom is -0.497 e. The average Bonchev–Trinajstić information content (AvgIpc) is 2.58. The number of ether oxygens (including phenoxy) is 2. The predicted molar refractivity (Wildman–Crippen MR) is 112 cm³/mol. The van der Waals surface area contributed by atoms with Gasteiger partial charge in [0.2, 0.25) is 0 Å². The molecule has 6 heteroatoms. The van der Waals surface area contributed by atoms with E-state index in [1.165, 1.54) is 0 Å². The van der Waals surface area contributed by atoms with E-state index in [1.807, 2.05) is 37.4 Å². The highest BCUT2D eigenvalue weighted by molar-refractivity contribution is 14.0. The summed E-state index contributed by atoms with van der Waals surface area (Å²) in [4.78, 5) is 6.74. The van der Waals surface area contributed by atoms with E-state index in [0.29, 0.717) is 13.2 Å². The van der Waals surface area contributed by atoms with Crippen molar-refractivity contribution >= 4 is 29.9 Å². The molecule has 1 rings (SSSR count). The Kier molecular flexibility index (Phi) is 13.1. The van der Waals surface area contributed by atoms with Crippen molar-refractivity contribution in [1.82, 2.24) is 10.2 Å². The van der Waals surface area contributed by atoms with E-state index < -0.39 is 0 Å². The van der Waals surface area contributed by atoms with Crippen molar-refractivity contribution in [2.24, 2.45) is 4.99 Å². The molecule has 0 atom stereocenters. The minimum atomic E-state index is 0. The van der Waals surface area contributed by atoms with Crippen molar-refractivity contribution in [2.75, 3.05) is 40.4 Å². The smallest absolute Gasteiger partial charge is 0.193 e. The summed E-state index contributed by atoms with van der Waals surface area (Å²) in [7, 11) is 3.70. The maximum absolute atomic E-state index is 5.71. The molecule has 24 heavy (non-hydrogen) atoms. The second kappa shape index (κ2) is 13.9. The summed E-state index contributed by atoms with van der Waals surface area (Å²) in [6.07, 6.45) is 4.04. The standard InChI is InChI=1S/C18H29N3O2.HI/c1-5-7-8-13-21(3)18(19-6-2)20-12-14-23-17-11-9-10-16(15-17)22-4;/h5,9-11,15H,1,6-8,12-14H2,2-4H3,(H,19,20);1H. The van der Waals surface area contributed by atoms with Crippen molar-refractivity contribution in [3.63, 3.8) is 0 Å². The van der Waals surface area contributed by atoms with E-state index in [9.17, 15) is 0 Å². The molecule has 0 saturated carbocycles. The largest absolute Gasteiger partial charge is 0.497 e. The van der Waals surface area contributed by atoms with E-state index in [4.69, 9.17) is 9.47 Å². The number of hydrogen-bond acceptors (Lipinski definition) is 3. The van der Waals surface area contributed by atoms with Crippen LogP contribution in [0, 0.1) is 0 Å². The summed E-state index contributed by atoms with van der Waals surface area (Å²) < 4.78 is 10.9. The third kappa shape index (κ3) is 9.00. The molecular weight excluding hydrogens is 417 g/mol. The minimum absolute atomic E-state index is 0. The molecule has 0 saturated heterocycles. The van der Waals surface area contributed by atoms with E-state index in [-0.39, 0.29) is 24.0 Å². The van der Waals surface area contributed by atoms with Gasteiger partial charge in [-0.15, -0.1) is 30.6 Å². The number of unbranched alkanes of at least 4 members (excludes halogenated alkanes) is 1. The fraction of sp³-hybridized carbons (Fsp3) is 0.500. The van der Waals surface area contributed by atoms with Gasteiger partial charge in [0.25, 0.3) is 0 Å². The number of allylic oxidation sites excluding steroid dienone is 1. The molecule has 0 fully saturated rings. The molecule has 0 aliphatic carbocycles. The average molecular weight is 447 g/mol. The first kappa shape index (κ1) is 22.6. The molecule has 1 aromatic carbocycles. The molecule has 136 valence electrons. The van der Waals surface area contributed by atoms with Crippen LogP contribution < -0.4 is 14.8 Å². The van der Waals surface area contributed by atoms with Crippen LogP contribution in [-0.2, 0) is 0 Å². The van der Waals surface area contributed by atoms with Crippen LogP contribution in [0.5, 0.6) is 11.5 Å². The van der Waals surface area contributed by atoms with Crippen molar-refractivity contribution in [2.45, 2.75) is 19.8 Å². The molecule has 5 nitrogen and oxygen atoms in total. The SMILES string of the molecule is C=CCCCN(C)C(=NCCOc1cccc(OC)c1)NCC.I. The lowest BCUT2D eigenvalue weighted by molar-refractivity contribution is 0.324. The van der Waals surface area contributed by atoms with Crippen LogP contribution in [0.25, 0.3) is 0 Å². The molecule has 0 aromatic heterocycles. The zero-order chi connectivity index (χ0) is 16.9. The summed E-state index contributed by atoms with van der Waals surface area (Å²) in [5.41, 5.74) is 0. The first-order valence-corrected chi connectivity index (χ1v) is 8.08. The Morgan fingerprint density at radius 2 is 2.12 bits per heavy atom. The van der Waals surface area contributed by atoms with Gasteiger partial charge in [-0.2, -0.15) is 0 Å². The second-order valence-electron chi connectivity index (χ2n) is 5.12. The van der Waals surface area contributed by atoms with Gasteiger partial charge in [-0.25, -0.2) is 4.99 Å². The van der Waals surface area contributed by atoms with Crippen molar-refractivity contribution in [1.29, 1.82) is 0 Å². The number of nitrogens with zero attached hydrogens (tertiary/aromatic N) is 2. The van der Waals surface area contributed by atoms with E-state index in [0.717, 1.165) is 43.4 Å². The van der Waals surface area contributed by atoms with Gasteiger partial charge in [0.1, 0.15) is 18.1 Å². The topological polar surface area (TPSA) is 46.1 Å². The fourth-order valence-electron chi connectivity index (χ4n) is 2.05. The predicted octanol–water partition coefficient (Wildman–Crippen LogP) is 3.56. The van der Waals surface area contributed by atoms with Gasteiger partial charge in [0.15, 0.2) is 5.96 Å². The third-order valence-electron chi connectivity index (χ3n) is 3.26. The molecule has 0 aliphatic heterocycles. The molecular formula is C18H30IN3O2. The van der Waals surface area contributed by atoms with Gasteiger partial charge < -0.3 is 19.7 Å². The number of hydrogen-bond donors (Lipinski definition) is 1. The van der Waals surface area contributed by atoms with Crippen LogP contribution in [0.4, 0.5) is 0 Å². The summed E-state index contributed by atoms with van der Waals surface area (Å²) in [6, 6.07) is 7.59. The van der Waals surface area contributed by atoms with Gasteiger partial charge in [-0.3, -0.25) is 0 Å². The van der Waals surface area contributed by atoms with Crippen molar-refractivity contribution in [3.05, 3.63) is 36.9 Å². The molecule has 0 unspecified atom stereocenters. The Labute approximate surface area is 163 Å². The summed E-state index contributed by atoms with van der Waals surface area (Å²) in [6.45, 7) is 8.75. The number of halogens is 1. The molecule has 0 bridgehead atoms. The molecule has 0 heterocycles. The number of nitrogens with one attached hydrogen (secondary N) is 1. The summed E-state index contributed by atoms with van der Waals surface area (Å²) >= 11 is 0. The lowest BCUT2D eigenvalue weighted by Gasteiger charge is -2.21. The summed E-state index contributed by atoms with van der Waals surface area (Å²) in [5.74, 6) is 2.50. The Bertz CT molecular complexity index is 495.